The summed E-state index contributed by atoms with van der Waals surface area (Å²) in [4.78, 5) is 9.07. The second kappa shape index (κ2) is 6.61. The molecule has 0 bridgehead atoms. The summed E-state index contributed by atoms with van der Waals surface area (Å²) in [6, 6.07) is 1.74. The molecule has 21 heavy (non-hydrogen) atoms. The van der Waals surface area contributed by atoms with Crippen molar-refractivity contribution in [2.75, 3.05) is 7.05 Å². The number of pyridine rings is 1. The van der Waals surface area contributed by atoms with Crippen molar-refractivity contribution in [3.8, 4) is 0 Å². The first-order valence-electron chi connectivity index (χ1n) is 6.74. The molecule has 0 aliphatic heterocycles. The number of nitrogens with zero attached hydrogens (tertiary/aromatic N) is 2. The molecule has 0 saturated carbocycles. The molecule has 2 aromatic heterocycles. The molecule has 1 unspecified atom stereocenters. The van der Waals surface area contributed by atoms with Gasteiger partial charge < -0.3 is 5.32 Å². The van der Waals surface area contributed by atoms with Crippen LogP contribution in [0.15, 0.2) is 17.6 Å². The summed E-state index contributed by atoms with van der Waals surface area (Å²) >= 11 is 13.8. The van der Waals surface area contributed by atoms with Crippen molar-refractivity contribution in [2.45, 2.75) is 38.6 Å². The van der Waals surface area contributed by atoms with Gasteiger partial charge in [-0.1, -0.05) is 44.0 Å². The van der Waals surface area contributed by atoms with E-state index in [2.05, 4.69) is 36.5 Å². The average molecular weight is 344 g/mol. The lowest BCUT2D eigenvalue weighted by atomic mass is 9.93. The standard InChI is InChI=1S/C15H19Cl2N3S/c1-15(2,3)12-8-21-13(20-12)6-11(18-4)14-10(17)5-9(16)7-19-14/h5,7-8,11,18H,6H2,1-4H3. The van der Waals surface area contributed by atoms with Gasteiger partial charge in [-0.15, -0.1) is 11.3 Å². The molecule has 2 aromatic rings. The lowest BCUT2D eigenvalue weighted by Crippen LogP contribution is -2.20. The van der Waals surface area contributed by atoms with Gasteiger partial charge in [0.2, 0.25) is 0 Å². The van der Waals surface area contributed by atoms with Crippen LogP contribution >= 0.6 is 34.5 Å². The van der Waals surface area contributed by atoms with Crippen LogP contribution in [0.1, 0.15) is 43.2 Å². The number of halogens is 2. The number of thiazole rings is 1. The van der Waals surface area contributed by atoms with E-state index in [1.807, 2.05) is 7.05 Å². The van der Waals surface area contributed by atoms with Crippen molar-refractivity contribution in [1.82, 2.24) is 15.3 Å². The second-order valence-corrected chi connectivity index (χ2v) is 7.73. The maximum absolute atomic E-state index is 6.24. The Morgan fingerprint density at radius 1 is 1.33 bits per heavy atom. The van der Waals surface area contributed by atoms with E-state index in [0.717, 1.165) is 22.8 Å². The van der Waals surface area contributed by atoms with E-state index >= 15 is 0 Å². The lowest BCUT2D eigenvalue weighted by Gasteiger charge is -2.16. The zero-order valence-corrected chi connectivity index (χ0v) is 14.9. The van der Waals surface area contributed by atoms with Crippen LogP contribution in [0.2, 0.25) is 10.0 Å². The van der Waals surface area contributed by atoms with Crippen molar-refractivity contribution in [3.63, 3.8) is 0 Å². The van der Waals surface area contributed by atoms with Gasteiger partial charge >= 0.3 is 0 Å². The highest BCUT2D eigenvalue weighted by Gasteiger charge is 2.21. The smallest absolute Gasteiger partial charge is 0.0948 e. The molecule has 0 fully saturated rings. The minimum Gasteiger partial charge on any atom is -0.311 e. The number of hydrogen-bond acceptors (Lipinski definition) is 4. The Morgan fingerprint density at radius 2 is 2.05 bits per heavy atom. The fourth-order valence-corrected chi connectivity index (χ4v) is 3.52. The fraction of sp³-hybridized carbons (Fsp3) is 0.467. The number of nitrogens with one attached hydrogen (secondary N) is 1. The summed E-state index contributed by atoms with van der Waals surface area (Å²) in [5.41, 5.74) is 1.99. The van der Waals surface area contributed by atoms with E-state index in [1.54, 1.807) is 23.6 Å². The van der Waals surface area contributed by atoms with E-state index in [9.17, 15) is 0 Å². The molecule has 1 atom stereocenters. The Morgan fingerprint density at radius 3 is 2.57 bits per heavy atom. The van der Waals surface area contributed by atoms with Crippen LogP contribution < -0.4 is 5.32 Å². The average Bonchev–Trinajstić information content (AvgIpc) is 2.85. The van der Waals surface area contributed by atoms with E-state index in [0.29, 0.717) is 10.0 Å². The van der Waals surface area contributed by atoms with E-state index in [-0.39, 0.29) is 11.5 Å². The summed E-state index contributed by atoms with van der Waals surface area (Å²) in [6.45, 7) is 6.50. The number of hydrogen-bond donors (Lipinski definition) is 1. The molecule has 2 rings (SSSR count). The first-order valence-corrected chi connectivity index (χ1v) is 8.38. The summed E-state index contributed by atoms with van der Waals surface area (Å²) in [7, 11) is 1.90. The molecule has 3 nitrogen and oxygen atoms in total. The number of rotatable bonds is 4. The van der Waals surface area contributed by atoms with Gasteiger partial charge in [-0.3, -0.25) is 4.98 Å². The molecule has 0 saturated heterocycles. The fourth-order valence-electron chi connectivity index (χ4n) is 1.94. The molecule has 0 radical (unpaired) electrons. The molecule has 0 aliphatic carbocycles. The quantitative estimate of drug-likeness (QED) is 0.878. The first kappa shape index (κ1) is 16.7. The van der Waals surface area contributed by atoms with Crippen molar-refractivity contribution < 1.29 is 0 Å². The Kier molecular flexibility index (Phi) is 5.25. The van der Waals surface area contributed by atoms with E-state index < -0.39 is 0 Å². The molecule has 6 heteroatoms. The molecule has 1 N–H and O–H groups in total. The SMILES string of the molecule is CNC(Cc1nc(C(C)(C)C)cs1)c1ncc(Cl)cc1Cl. The predicted molar refractivity (Wildman–Crippen MR) is 90.6 cm³/mol. The Bertz CT molecular complexity index is 620. The van der Waals surface area contributed by atoms with Gasteiger partial charge in [-0.05, 0) is 13.1 Å². The third kappa shape index (κ3) is 4.16. The molecular formula is C15H19Cl2N3S. The van der Waals surface area contributed by atoms with Gasteiger partial charge in [0.1, 0.15) is 0 Å². The molecule has 0 aromatic carbocycles. The summed E-state index contributed by atoms with van der Waals surface area (Å²) < 4.78 is 0. The molecular weight excluding hydrogens is 325 g/mol. The summed E-state index contributed by atoms with van der Waals surface area (Å²) in [5.74, 6) is 0. The second-order valence-electron chi connectivity index (χ2n) is 5.94. The first-order chi connectivity index (χ1) is 9.81. The maximum atomic E-state index is 6.24. The molecule has 0 spiro atoms. The van der Waals surface area contributed by atoms with Gasteiger partial charge in [-0.2, -0.15) is 0 Å². The number of likely N-dealkylation sites (N-methyl/N-ethyl adjacent to an activating group) is 1. The van der Waals surface area contributed by atoms with Gasteiger partial charge in [0.15, 0.2) is 0 Å². The van der Waals surface area contributed by atoms with Crippen molar-refractivity contribution >= 4 is 34.5 Å². The minimum absolute atomic E-state index is 0.0220. The maximum Gasteiger partial charge on any atom is 0.0948 e. The van der Waals surface area contributed by atoms with Gasteiger partial charge in [0.25, 0.3) is 0 Å². The normalized spacial score (nSPS) is 13.4. The van der Waals surface area contributed by atoms with Crippen LogP contribution in [-0.4, -0.2) is 17.0 Å². The van der Waals surface area contributed by atoms with Crippen LogP contribution in [0, 0.1) is 0 Å². The molecule has 2 heterocycles. The highest BCUT2D eigenvalue weighted by atomic mass is 35.5. The van der Waals surface area contributed by atoms with Crippen molar-refractivity contribution in [3.05, 3.63) is 44.1 Å². The topological polar surface area (TPSA) is 37.8 Å². The van der Waals surface area contributed by atoms with Crippen LogP contribution in [0.4, 0.5) is 0 Å². The van der Waals surface area contributed by atoms with E-state index in [4.69, 9.17) is 28.2 Å². The monoisotopic (exact) mass is 343 g/mol. The zero-order valence-electron chi connectivity index (χ0n) is 12.6. The van der Waals surface area contributed by atoms with Gasteiger partial charge in [0, 0.05) is 23.4 Å². The van der Waals surface area contributed by atoms with Gasteiger partial charge in [0.05, 0.1) is 32.5 Å². The largest absolute Gasteiger partial charge is 0.311 e. The summed E-state index contributed by atoms with van der Waals surface area (Å²) in [6.07, 6.45) is 2.38. The zero-order chi connectivity index (χ0) is 15.6. The summed E-state index contributed by atoms with van der Waals surface area (Å²) in [5, 5.41) is 7.57. The molecule has 114 valence electrons. The predicted octanol–water partition coefficient (Wildman–Crippen LogP) is 4.65. The Balaban J connectivity index is 2.21. The van der Waals surface area contributed by atoms with E-state index in [1.165, 1.54) is 0 Å². The lowest BCUT2D eigenvalue weighted by molar-refractivity contribution is 0.555. The van der Waals surface area contributed by atoms with Crippen molar-refractivity contribution in [2.24, 2.45) is 0 Å². The highest BCUT2D eigenvalue weighted by molar-refractivity contribution is 7.09. The third-order valence-electron chi connectivity index (χ3n) is 3.21. The Labute approximate surface area is 139 Å². The number of aromatic nitrogens is 2. The molecule has 0 aliphatic rings. The van der Waals surface area contributed by atoms with Crippen molar-refractivity contribution in [1.29, 1.82) is 0 Å². The third-order valence-corrected chi connectivity index (χ3v) is 4.59. The van der Waals surface area contributed by atoms with Gasteiger partial charge in [-0.25, -0.2) is 4.98 Å². The van der Waals surface area contributed by atoms with Crippen LogP contribution in [-0.2, 0) is 11.8 Å². The highest BCUT2D eigenvalue weighted by Crippen LogP contribution is 2.29. The van der Waals surface area contributed by atoms with Crippen LogP contribution in [0.25, 0.3) is 0 Å². The van der Waals surface area contributed by atoms with Crippen LogP contribution in [0.5, 0.6) is 0 Å². The Hall–Kier alpha value is -0.680. The molecule has 0 amide bonds. The minimum atomic E-state index is 0.0220. The van der Waals surface area contributed by atoms with Crippen LogP contribution in [0.3, 0.4) is 0 Å².